The third-order valence-electron chi connectivity index (χ3n) is 2.77. The van der Waals surface area contributed by atoms with Crippen molar-refractivity contribution in [2.24, 2.45) is 4.99 Å². The van der Waals surface area contributed by atoms with Crippen LogP contribution in [0, 0.1) is 0 Å². The molecule has 0 unspecified atom stereocenters. The van der Waals surface area contributed by atoms with Crippen molar-refractivity contribution >= 4 is 33.1 Å². The summed E-state index contributed by atoms with van der Waals surface area (Å²) in [6, 6.07) is 3.27. The van der Waals surface area contributed by atoms with Crippen LogP contribution < -0.4 is 14.8 Å². The number of sulfonamides is 1. The number of nitrogens with zero attached hydrogens (tertiary/aromatic N) is 1. The number of hydrogen-bond donors (Lipinski definition) is 2. The van der Waals surface area contributed by atoms with E-state index in [9.17, 15) is 8.42 Å². The molecule has 0 saturated heterocycles. The maximum atomic E-state index is 11.3. The number of rotatable bonds is 5. The van der Waals surface area contributed by atoms with Crippen molar-refractivity contribution in [3.63, 3.8) is 0 Å². The maximum Gasteiger partial charge on any atom is 0.229 e. The molecule has 20 heavy (non-hydrogen) atoms. The minimum absolute atomic E-state index is 0.324. The van der Waals surface area contributed by atoms with Crippen molar-refractivity contribution in [2.45, 2.75) is 6.42 Å². The summed E-state index contributed by atoms with van der Waals surface area (Å²) in [5.41, 5.74) is 1.15. The molecule has 1 aliphatic rings. The van der Waals surface area contributed by atoms with Gasteiger partial charge >= 0.3 is 0 Å². The number of hydrogen-bond acceptors (Lipinski definition) is 5. The molecule has 1 heterocycles. The van der Waals surface area contributed by atoms with Gasteiger partial charge in [0.25, 0.3) is 0 Å². The molecular formula is C12H16ClN3O3S. The van der Waals surface area contributed by atoms with Crippen LogP contribution in [0.4, 0.5) is 5.69 Å². The van der Waals surface area contributed by atoms with E-state index in [0.717, 1.165) is 30.7 Å². The number of amidine groups is 1. The van der Waals surface area contributed by atoms with Crippen LogP contribution in [0.15, 0.2) is 17.1 Å². The fourth-order valence-electron chi connectivity index (χ4n) is 1.93. The minimum Gasteiger partial charge on any atom is -0.495 e. The van der Waals surface area contributed by atoms with Gasteiger partial charge in [0.05, 0.1) is 25.6 Å². The Labute approximate surface area is 123 Å². The zero-order valence-corrected chi connectivity index (χ0v) is 12.8. The summed E-state index contributed by atoms with van der Waals surface area (Å²) in [6.07, 6.45) is 1.64. The van der Waals surface area contributed by atoms with Crippen molar-refractivity contribution in [3.8, 4) is 5.75 Å². The smallest absolute Gasteiger partial charge is 0.229 e. The Balaban J connectivity index is 2.31. The van der Waals surface area contributed by atoms with Gasteiger partial charge in [-0.25, -0.2) is 8.42 Å². The minimum atomic E-state index is -3.39. The van der Waals surface area contributed by atoms with Crippen LogP contribution in [-0.4, -0.2) is 40.7 Å². The first-order chi connectivity index (χ1) is 9.39. The molecule has 1 aromatic carbocycles. The lowest BCUT2D eigenvalue weighted by molar-refractivity contribution is 0.416. The van der Waals surface area contributed by atoms with Crippen molar-refractivity contribution in [2.75, 3.05) is 31.2 Å². The first-order valence-corrected chi connectivity index (χ1v) is 8.27. The van der Waals surface area contributed by atoms with Crippen LogP contribution in [0.2, 0.25) is 5.02 Å². The molecule has 1 aliphatic heterocycles. The molecule has 0 aliphatic carbocycles. The van der Waals surface area contributed by atoms with E-state index < -0.39 is 10.0 Å². The quantitative estimate of drug-likeness (QED) is 0.857. The van der Waals surface area contributed by atoms with Crippen molar-refractivity contribution in [3.05, 3.63) is 22.7 Å². The molecule has 2 N–H and O–H groups in total. The molecule has 0 bridgehead atoms. The first-order valence-electron chi connectivity index (χ1n) is 6.00. The Kier molecular flexibility index (Phi) is 4.39. The highest BCUT2D eigenvalue weighted by molar-refractivity contribution is 7.92. The van der Waals surface area contributed by atoms with E-state index in [4.69, 9.17) is 16.3 Å². The highest BCUT2D eigenvalue weighted by Crippen LogP contribution is 2.32. The standard InChI is InChI=1S/C12H16ClN3O3S/c1-19-11-5-8(6-12-14-3-4-15-12)9(13)7-10(11)16-20(2,17)18/h5,7,16H,3-4,6H2,1-2H3,(H,14,15). The Bertz CT molecular complexity index is 644. The highest BCUT2D eigenvalue weighted by Gasteiger charge is 2.15. The molecule has 0 atom stereocenters. The van der Waals surface area contributed by atoms with Gasteiger partial charge in [0.1, 0.15) is 11.6 Å². The number of methoxy groups -OCH3 is 1. The zero-order chi connectivity index (χ0) is 14.8. The third kappa shape index (κ3) is 3.77. The van der Waals surface area contributed by atoms with E-state index >= 15 is 0 Å². The summed E-state index contributed by atoms with van der Waals surface area (Å²) in [4.78, 5) is 4.30. The fraction of sp³-hybridized carbons (Fsp3) is 0.417. The van der Waals surface area contributed by atoms with Crippen molar-refractivity contribution < 1.29 is 13.2 Å². The van der Waals surface area contributed by atoms with Gasteiger partial charge in [-0.3, -0.25) is 9.71 Å². The van der Waals surface area contributed by atoms with Crippen LogP contribution in [0.5, 0.6) is 5.75 Å². The van der Waals surface area contributed by atoms with E-state index in [2.05, 4.69) is 15.0 Å². The normalized spacial score (nSPS) is 14.7. The molecule has 0 aromatic heterocycles. The molecule has 0 amide bonds. The van der Waals surface area contributed by atoms with Gasteiger partial charge in [-0.05, 0) is 17.7 Å². The molecule has 1 aromatic rings. The highest BCUT2D eigenvalue weighted by atomic mass is 35.5. The van der Waals surface area contributed by atoms with Gasteiger partial charge in [0, 0.05) is 18.0 Å². The summed E-state index contributed by atoms with van der Waals surface area (Å²) in [6.45, 7) is 1.59. The number of benzene rings is 1. The maximum absolute atomic E-state index is 11.3. The average Bonchev–Trinajstić information content (AvgIpc) is 2.83. The molecule has 8 heteroatoms. The summed E-state index contributed by atoms with van der Waals surface area (Å²) < 4.78 is 30.2. The molecule has 0 spiro atoms. The number of nitrogens with one attached hydrogen (secondary N) is 2. The van der Waals surface area contributed by atoms with Crippen LogP contribution in [-0.2, 0) is 16.4 Å². The van der Waals surface area contributed by atoms with Crippen LogP contribution in [0.25, 0.3) is 0 Å². The Morgan fingerprint density at radius 2 is 2.25 bits per heavy atom. The Morgan fingerprint density at radius 3 is 2.80 bits per heavy atom. The molecule has 0 saturated carbocycles. The van der Waals surface area contributed by atoms with E-state index in [1.54, 1.807) is 12.1 Å². The van der Waals surface area contributed by atoms with Crippen LogP contribution >= 0.6 is 11.6 Å². The second-order valence-electron chi connectivity index (χ2n) is 4.45. The SMILES string of the molecule is COc1cc(CC2=NCCN2)c(Cl)cc1NS(C)(=O)=O. The molecule has 110 valence electrons. The lowest BCUT2D eigenvalue weighted by Gasteiger charge is -2.13. The number of halogens is 1. The van der Waals surface area contributed by atoms with E-state index in [-0.39, 0.29) is 0 Å². The summed E-state index contributed by atoms with van der Waals surface area (Å²) in [5, 5.41) is 3.63. The Hall–Kier alpha value is -1.47. The molecule has 0 fully saturated rings. The molecule has 0 radical (unpaired) electrons. The number of aliphatic imine (C=N–C) groups is 1. The average molecular weight is 318 g/mol. The second kappa shape index (κ2) is 5.88. The summed E-state index contributed by atoms with van der Waals surface area (Å²) in [7, 11) is -1.91. The van der Waals surface area contributed by atoms with Gasteiger partial charge < -0.3 is 10.1 Å². The van der Waals surface area contributed by atoms with Gasteiger partial charge in [0.2, 0.25) is 10.0 Å². The van der Waals surface area contributed by atoms with Crippen molar-refractivity contribution in [1.29, 1.82) is 0 Å². The largest absolute Gasteiger partial charge is 0.495 e. The predicted octanol–water partition coefficient (Wildman–Crippen LogP) is 1.26. The monoisotopic (exact) mass is 317 g/mol. The predicted molar refractivity (Wildman–Crippen MR) is 80.5 cm³/mol. The van der Waals surface area contributed by atoms with Gasteiger partial charge in [-0.2, -0.15) is 0 Å². The van der Waals surface area contributed by atoms with E-state index in [1.807, 2.05) is 0 Å². The molecule has 2 rings (SSSR count). The number of anilines is 1. The number of ether oxygens (including phenoxy) is 1. The molecular weight excluding hydrogens is 302 g/mol. The van der Waals surface area contributed by atoms with Gasteiger partial charge in [-0.1, -0.05) is 11.6 Å². The summed E-state index contributed by atoms with van der Waals surface area (Å²) >= 11 is 6.19. The zero-order valence-electron chi connectivity index (χ0n) is 11.2. The van der Waals surface area contributed by atoms with Crippen molar-refractivity contribution in [1.82, 2.24) is 5.32 Å². The topological polar surface area (TPSA) is 79.8 Å². The second-order valence-corrected chi connectivity index (χ2v) is 6.61. The van der Waals surface area contributed by atoms with Gasteiger partial charge in [-0.15, -0.1) is 0 Å². The lowest BCUT2D eigenvalue weighted by atomic mass is 10.1. The third-order valence-corrected chi connectivity index (χ3v) is 3.71. The van der Waals surface area contributed by atoms with E-state index in [1.165, 1.54) is 7.11 Å². The first kappa shape index (κ1) is 14.9. The Morgan fingerprint density at radius 1 is 1.50 bits per heavy atom. The lowest BCUT2D eigenvalue weighted by Crippen LogP contribution is -2.20. The van der Waals surface area contributed by atoms with Gasteiger partial charge in [0.15, 0.2) is 0 Å². The molecule has 6 nitrogen and oxygen atoms in total. The van der Waals surface area contributed by atoms with Crippen LogP contribution in [0.3, 0.4) is 0 Å². The van der Waals surface area contributed by atoms with Crippen LogP contribution in [0.1, 0.15) is 5.56 Å². The fourth-order valence-corrected chi connectivity index (χ4v) is 2.71. The van der Waals surface area contributed by atoms with E-state index in [0.29, 0.717) is 22.9 Å². The summed E-state index contributed by atoms with van der Waals surface area (Å²) in [5.74, 6) is 1.30.